The van der Waals surface area contributed by atoms with Crippen molar-refractivity contribution in [1.29, 1.82) is 0 Å². The lowest BCUT2D eigenvalue weighted by molar-refractivity contribution is -0.129. The van der Waals surface area contributed by atoms with Gasteiger partial charge in [0, 0.05) is 44.7 Å². The average Bonchev–Trinajstić information content (AvgIpc) is 2.58. The van der Waals surface area contributed by atoms with Crippen LogP contribution in [0.4, 0.5) is 5.69 Å². The molecule has 0 fully saturated rings. The van der Waals surface area contributed by atoms with Crippen molar-refractivity contribution >= 4 is 29.9 Å². The molecule has 0 saturated carbocycles. The van der Waals surface area contributed by atoms with Crippen molar-refractivity contribution in [2.24, 2.45) is 11.7 Å². The van der Waals surface area contributed by atoms with E-state index in [1.165, 1.54) is 5.56 Å². The maximum atomic E-state index is 12.3. The molecule has 2 rings (SSSR count). The first-order valence-electron chi connectivity index (χ1n) is 8.78. The Hall–Kier alpha value is -1.59. The van der Waals surface area contributed by atoms with Gasteiger partial charge in [0.2, 0.25) is 11.8 Å². The summed E-state index contributed by atoms with van der Waals surface area (Å²) in [6.45, 7) is 5.27. The summed E-state index contributed by atoms with van der Waals surface area (Å²) in [7, 11) is 1.81. The van der Waals surface area contributed by atoms with E-state index in [0.29, 0.717) is 31.8 Å². The molecule has 1 aromatic carbocycles. The molecule has 1 aliphatic heterocycles. The lowest BCUT2D eigenvalue weighted by Crippen LogP contribution is -2.39. The second kappa shape index (κ2) is 9.78. The SMILES string of the molecule is CC(C)C(N)CCN(C)C(=O)CCN1C(=O)CCc2ccccc21.Cl. The van der Waals surface area contributed by atoms with Crippen LogP contribution >= 0.6 is 12.4 Å². The highest BCUT2D eigenvalue weighted by atomic mass is 35.5. The highest BCUT2D eigenvalue weighted by molar-refractivity contribution is 5.96. The van der Waals surface area contributed by atoms with Gasteiger partial charge < -0.3 is 15.5 Å². The Morgan fingerprint density at radius 3 is 2.64 bits per heavy atom. The number of carbonyl (C=O) groups is 2. The maximum Gasteiger partial charge on any atom is 0.227 e. The molecule has 0 radical (unpaired) electrons. The molecule has 1 heterocycles. The zero-order valence-electron chi connectivity index (χ0n) is 15.4. The summed E-state index contributed by atoms with van der Waals surface area (Å²) in [4.78, 5) is 28.0. The molecule has 0 bridgehead atoms. The molecule has 1 atom stereocenters. The van der Waals surface area contributed by atoms with Gasteiger partial charge >= 0.3 is 0 Å². The van der Waals surface area contributed by atoms with Crippen molar-refractivity contribution < 1.29 is 9.59 Å². The van der Waals surface area contributed by atoms with E-state index in [0.717, 1.165) is 18.5 Å². The molecule has 6 heteroatoms. The molecule has 1 aromatic rings. The van der Waals surface area contributed by atoms with Gasteiger partial charge in [-0.25, -0.2) is 0 Å². The number of amides is 2. The summed E-state index contributed by atoms with van der Waals surface area (Å²) in [5.41, 5.74) is 8.17. The van der Waals surface area contributed by atoms with Gasteiger partial charge in [0.05, 0.1) is 0 Å². The maximum absolute atomic E-state index is 12.3. The normalized spacial score (nSPS) is 14.8. The molecule has 0 aliphatic carbocycles. The van der Waals surface area contributed by atoms with E-state index in [-0.39, 0.29) is 30.3 Å². The van der Waals surface area contributed by atoms with Crippen molar-refractivity contribution in [3.8, 4) is 0 Å². The van der Waals surface area contributed by atoms with Crippen LogP contribution < -0.4 is 10.6 Å². The van der Waals surface area contributed by atoms with E-state index in [1.54, 1.807) is 16.8 Å². The summed E-state index contributed by atoms with van der Waals surface area (Å²) in [5.74, 6) is 0.573. The predicted molar refractivity (Wildman–Crippen MR) is 104 cm³/mol. The summed E-state index contributed by atoms with van der Waals surface area (Å²) >= 11 is 0. The van der Waals surface area contributed by atoms with Crippen LogP contribution in [0.3, 0.4) is 0 Å². The molecular weight excluding hydrogens is 338 g/mol. The van der Waals surface area contributed by atoms with Crippen LogP contribution in [0.15, 0.2) is 24.3 Å². The Morgan fingerprint density at radius 1 is 1.28 bits per heavy atom. The van der Waals surface area contributed by atoms with Gasteiger partial charge in [0.1, 0.15) is 0 Å². The van der Waals surface area contributed by atoms with Gasteiger partial charge in [-0.1, -0.05) is 32.0 Å². The first-order chi connectivity index (χ1) is 11.4. The quantitative estimate of drug-likeness (QED) is 0.805. The molecule has 2 amide bonds. The molecule has 25 heavy (non-hydrogen) atoms. The molecule has 1 aliphatic rings. The minimum absolute atomic E-state index is 0. The molecule has 0 aromatic heterocycles. The molecular formula is C19H30ClN3O2. The van der Waals surface area contributed by atoms with Crippen LogP contribution in [-0.2, 0) is 16.0 Å². The van der Waals surface area contributed by atoms with Gasteiger partial charge in [-0.3, -0.25) is 9.59 Å². The second-order valence-electron chi connectivity index (χ2n) is 6.94. The Kier molecular flexibility index (Phi) is 8.39. The minimum atomic E-state index is 0. The topological polar surface area (TPSA) is 66.6 Å². The number of hydrogen-bond acceptors (Lipinski definition) is 3. The fourth-order valence-electron chi connectivity index (χ4n) is 2.94. The number of para-hydroxylation sites is 1. The first kappa shape index (κ1) is 21.5. The molecule has 5 nitrogen and oxygen atoms in total. The van der Waals surface area contributed by atoms with Gasteiger partial charge in [0.15, 0.2) is 0 Å². The molecule has 140 valence electrons. The third kappa shape index (κ3) is 5.72. The lowest BCUT2D eigenvalue weighted by atomic mass is 10.0. The van der Waals surface area contributed by atoms with Crippen molar-refractivity contribution in [2.45, 2.75) is 45.6 Å². The first-order valence-corrected chi connectivity index (χ1v) is 8.78. The zero-order valence-corrected chi connectivity index (χ0v) is 16.2. The number of rotatable bonds is 7. The van der Waals surface area contributed by atoms with Crippen LogP contribution in [-0.4, -0.2) is 42.9 Å². The van der Waals surface area contributed by atoms with Gasteiger partial charge in [-0.2, -0.15) is 0 Å². The van der Waals surface area contributed by atoms with Crippen molar-refractivity contribution in [3.05, 3.63) is 29.8 Å². The lowest BCUT2D eigenvalue weighted by Gasteiger charge is -2.30. The molecule has 0 saturated heterocycles. The van der Waals surface area contributed by atoms with Crippen LogP contribution in [0.1, 0.15) is 38.7 Å². The van der Waals surface area contributed by atoms with Gasteiger partial charge in [0.25, 0.3) is 0 Å². The third-order valence-electron chi connectivity index (χ3n) is 4.82. The number of hydrogen-bond donors (Lipinski definition) is 1. The number of carbonyl (C=O) groups excluding carboxylic acids is 2. The van der Waals surface area contributed by atoms with Gasteiger partial charge in [-0.05, 0) is 30.4 Å². The van der Waals surface area contributed by atoms with Crippen molar-refractivity contribution in [1.82, 2.24) is 4.90 Å². The van der Waals surface area contributed by atoms with E-state index >= 15 is 0 Å². The van der Waals surface area contributed by atoms with E-state index in [9.17, 15) is 9.59 Å². The molecule has 2 N–H and O–H groups in total. The Morgan fingerprint density at radius 2 is 1.96 bits per heavy atom. The summed E-state index contributed by atoms with van der Waals surface area (Å²) in [6, 6.07) is 8.05. The van der Waals surface area contributed by atoms with Crippen LogP contribution in [0, 0.1) is 5.92 Å². The predicted octanol–water partition coefficient (Wildman–Crippen LogP) is 2.61. The number of aryl methyl sites for hydroxylation is 1. The largest absolute Gasteiger partial charge is 0.346 e. The number of anilines is 1. The smallest absolute Gasteiger partial charge is 0.227 e. The van der Waals surface area contributed by atoms with E-state index < -0.39 is 0 Å². The number of nitrogens with two attached hydrogens (primary N) is 1. The zero-order chi connectivity index (χ0) is 17.7. The Bertz CT molecular complexity index is 592. The standard InChI is InChI=1S/C19H29N3O2.ClH/c1-14(2)16(20)10-12-21(3)18(23)11-13-22-17-7-5-4-6-15(17)8-9-19(22)24;/h4-7,14,16H,8-13,20H2,1-3H3;1H. The van der Waals surface area contributed by atoms with Crippen molar-refractivity contribution in [2.75, 3.05) is 25.0 Å². The molecule has 0 spiro atoms. The highest BCUT2D eigenvalue weighted by Gasteiger charge is 2.24. The third-order valence-corrected chi connectivity index (χ3v) is 4.82. The fraction of sp³-hybridized carbons (Fsp3) is 0.579. The highest BCUT2D eigenvalue weighted by Crippen LogP contribution is 2.27. The van der Waals surface area contributed by atoms with Crippen molar-refractivity contribution in [3.63, 3.8) is 0 Å². The fourth-order valence-corrected chi connectivity index (χ4v) is 2.94. The summed E-state index contributed by atoms with van der Waals surface area (Å²) in [5, 5.41) is 0. The van der Waals surface area contributed by atoms with Crippen LogP contribution in [0.25, 0.3) is 0 Å². The van der Waals surface area contributed by atoms with Gasteiger partial charge in [-0.15, -0.1) is 12.4 Å². The Labute approximate surface area is 157 Å². The minimum Gasteiger partial charge on any atom is -0.346 e. The number of benzene rings is 1. The van der Waals surface area contributed by atoms with Crippen LogP contribution in [0.5, 0.6) is 0 Å². The monoisotopic (exact) mass is 367 g/mol. The number of halogens is 1. The van der Waals surface area contributed by atoms with E-state index in [2.05, 4.69) is 19.9 Å². The van der Waals surface area contributed by atoms with E-state index in [4.69, 9.17) is 5.73 Å². The summed E-state index contributed by atoms with van der Waals surface area (Å²) < 4.78 is 0. The van der Waals surface area contributed by atoms with Crippen LogP contribution in [0.2, 0.25) is 0 Å². The number of fused-ring (bicyclic) bond motifs is 1. The number of nitrogens with zero attached hydrogens (tertiary/aromatic N) is 2. The van der Waals surface area contributed by atoms with E-state index in [1.807, 2.05) is 18.2 Å². The second-order valence-corrected chi connectivity index (χ2v) is 6.94. The summed E-state index contributed by atoms with van der Waals surface area (Å²) in [6.07, 6.45) is 2.44. The molecule has 1 unspecified atom stereocenters. The average molecular weight is 368 g/mol. The Balaban J connectivity index is 0.00000312.